The molecule has 1 N–H and O–H groups in total. The molecular weight excluding hydrogens is 252 g/mol. The second-order valence-corrected chi connectivity index (χ2v) is 6.85. The van der Waals surface area contributed by atoms with E-state index >= 15 is 0 Å². The first-order chi connectivity index (χ1) is 9.07. The Labute approximate surface area is 124 Å². The summed E-state index contributed by atoms with van der Waals surface area (Å²) in [5.74, 6) is -0.223. The zero-order chi connectivity index (χ0) is 15.8. The van der Waals surface area contributed by atoms with Crippen molar-refractivity contribution in [3.8, 4) is 0 Å². The fourth-order valence-corrected chi connectivity index (χ4v) is 1.96. The van der Waals surface area contributed by atoms with Crippen molar-refractivity contribution in [3.63, 3.8) is 0 Å². The second kappa shape index (κ2) is 8.46. The molecule has 0 saturated heterocycles. The molecule has 0 saturated carbocycles. The molecule has 0 spiro atoms. The molecule has 0 aliphatic carbocycles. The van der Waals surface area contributed by atoms with Gasteiger partial charge in [-0.1, -0.05) is 25.3 Å². The van der Waals surface area contributed by atoms with Crippen LogP contribution in [-0.2, 0) is 9.53 Å². The zero-order valence-electron chi connectivity index (χ0n) is 14.1. The van der Waals surface area contributed by atoms with E-state index in [1.165, 1.54) is 0 Å². The van der Waals surface area contributed by atoms with E-state index in [1.54, 1.807) is 13.0 Å². The van der Waals surface area contributed by atoms with Crippen molar-refractivity contribution in [1.82, 2.24) is 0 Å². The van der Waals surface area contributed by atoms with Crippen LogP contribution in [0.5, 0.6) is 0 Å². The number of esters is 1. The molecule has 0 aromatic rings. The summed E-state index contributed by atoms with van der Waals surface area (Å²) in [6.07, 6.45) is 7.79. The SMILES string of the molecule is CC=C(C)C(=O)OC(C)(C)CCCCCCC(C)(C)O. The van der Waals surface area contributed by atoms with E-state index in [9.17, 15) is 9.90 Å². The highest BCUT2D eigenvalue weighted by Gasteiger charge is 2.22. The lowest BCUT2D eigenvalue weighted by Gasteiger charge is -2.25. The van der Waals surface area contributed by atoms with Gasteiger partial charge in [0.15, 0.2) is 0 Å². The molecule has 3 nitrogen and oxygen atoms in total. The van der Waals surface area contributed by atoms with Gasteiger partial charge in [-0.3, -0.25) is 0 Å². The van der Waals surface area contributed by atoms with Gasteiger partial charge in [-0.15, -0.1) is 0 Å². The van der Waals surface area contributed by atoms with Crippen LogP contribution in [0.15, 0.2) is 11.6 Å². The van der Waals surface area contributed by atoms with Crippen LogP contribution in [0.2, 0.25) is 0 Å². The summed E-state index contributed by atoms with van der Waals surface area (Å²) < 4.78 is 5.50. The highest BCUT2D eigenvalue weighted by Crippen LogP contribution is 2.21. The molecule has 0 aliphatic rings. The largest absolute Gasteiger partial charge is 0.456 e. The molecule has 0 aromatic heterocycles. The summed E-state index contributed by atoms with van der Waals surface area (Å²) in [4.78, 5) is 11.7. The number of unbranched alkanes of at least 4 members (excludes halogenated alkanes) is 3. The average molecular weight is 284 g/mol. The maximum atomic E-state index is 11.7. The maximum absolute atomic E-state index is 11.7. The zero-order valence-corrected chi connectivity index (χ0v) is 14.1. The van der Waals surface area contributed by atoms with Gasteiger partial charge < -0.3 is 9.84 Å². The summed E-state index contributed by atoms with van der Waals surface area (Å²) in [5.41, 5.74) is -0.306. The predicted octanol–water partition coefficient (Wildman–Crippen LogP) is 4.39. The smallest absolute Gasteiger partial charge is 0.333 e. The quantitative estimate of drug-likeness (QED) is 0.388. The van der Waals surface area contributed by atoms with E-state index < -0.39 is 11.2 Å². The fourth-order valence-electron chi connectivity index (χ4n) is 1.96. The Morgan fingerprint density at radius 2 is 1.55 bits per heavy atom. The molecule has 118 valence electrons. The van der Waals surface area contributed by atoms with Crippen molar-refractivity contribution >= 4 is 5.97 Å². The molecule has 0 bridgehead atoms. The lowest BCUT2D eigenvalue weighted by atomic mass is 9.97. The van der Waals surface area contributed by atoms with Crippen LogP contribution in [0.3, 0.4) is 0 Å². The van der Waals surface area contributed by atoms with Crippen molar-refractivity contribution in [1.29, 1.82) is 0 Å². The van der Waals surface area contributed by atoms with Gasteiger partial charge in [-0.2, -0.15) is 0 Å². The maximum Gasteiger partial charge on any atom is 0.333 e. The topological polar surface area (TPSA) is 46.5 Å². The molecule has 0 atom stereocenters. The van der Waals surface area contributed by atoms with Gasteiger partial charge >= 0.3 is 5.97 Å². The molecule has 20 heavy (non-hydrogen) atoms. The lowest BCUT2D eigenvalue weighted by molar-refractivity contribution is -0.152. The minimum absolute atomic E-state index is 0.223. The molecule has 0 aliphatic heterocycles. The van der Waals surface area contributed by atoms with Crippen molar-refractivity contribution in [2.45, 2.75) is 91.3 Å². The third kappa shape index (κ3) is 10.0. The first-order valence-electron chi connectivity index (χ1n) is 7.66. The third-order valence-electron chi connectivity index (χ3n) is 3.44. The molecule has 0 fully saturated rings. The van der Waals surface area contributed by atoms with Crippen LogP contribution in [0, 0.1) is 0 Å². The number of rotatable bonds is 9. The first-order valence-corrected chi connectivity index (χ1v) is 7.66. The Kier molecular flexibility index (Phi) is 8.10. The van der Waals surface area contributed by atoms with Crippen molar-refractivity contribution in [2.24, 2.45) is 0 Å². The van der Waals surface area contributed by atoms with Gasteiger partial charge in [-0.25, -0.2) is 4.79 Å². The normalized spacial score (nSPS) is 13.4. The van der Waals surface area contributed by atoms with Gasteiger partial charge in [0, 0.05) is 5.57 Å². The fraction of sp³-hybridized carbons (Fsp3) is 0.824. The van der Waals surface area contributed by atoms with E-state index in [0.29, 0.717) is 5.57 Å². The van der Waals surface area contributed by atoms with Gasteiger partial charge in [0.2, 0.25) is 0 Å². The van der Waals surface area contributed by atoms with Crippen LogP contribution in [0.25, 0.3) is 0 Å². The van der Waals surface area contributed by atoms with Crippen LogP contribution < -0.4 is 0 Å². The highest BCUT2D eigenvalue weighted by molar-refractivity contribution is 5.87. The van der Waals surface area contributed by atoms with Crippen molar-refractivity contribution < 1.29 is 14.6 Å². The third-order valence-corrected chi connectivity index (χ3v) is 3.44. The lowest BCUT2D eigenvalue weighted by Crippen LogP contribution is -2.28. The molecular formula is C17H32O3. The number of ether oxygens (including phenoxy) is 1. The molecule has 0 amide bonds. The number of carbonyl (C=O) groups excluding carboxylic acids is 1. The minimum atomic E-state index is -0.557. The first kappa shape index (κ1) is 19.2. The second-order valence-electron chi connectivity index (χ2n) is 6.85. The number of allylic oxidation sites excluding steroid dienone is 1. The molecule has 0 radical (unpaired) electrons. The Hall–Kier alpha value is -0.830. The van der Waals surface area contributed by atoms with Crippen LogP contribution >= 0.6 is 0 Å². The molecule has 0 rings (SSSR count). The monoisotopic (exact) mass is 284 g/mol. The molecule has 0 unspecified atom stereocenters. The Balaban J connectivity index is 3.86. The number of aliphatic hydroxyl groups is 1. The molecule has 0 heterocycles. The average Bonchev–Trinajstić information content (AvgIpc) is 2.30. The summed E-state index contributed by atoms with van der Waals surface area (Å²) in [6.45, 7) is 11.2. The number of hydrogen-bond donors (Lipinski definition) is 1. The summed E-state index contributed by atoms with van der Waals surface area (Å²) >= 11 is 0. The van der Waals surface area contributed by atoms with Gasteiger partial charge in [0.25, 0.3) is 0 Å². The summed E-state index contributed by atoms with van der Waals surface area (Å²) in [5, 5.41) is 9.62. The number of hydrogen-bond acceptors (Lipinski definition) is 3. The Bertz CT molecular complexity index is 322. The predicted molar refractivity (Wildman–Crippen MR) is 83.6 cm³/mol. The summed E-state index contributed by atoms with van der Waals surface area (Å²) in [6, 6.07) is 0. The van der Waals surface area contributed by atoms with Crippen LogP contribution in [-0.4, -0.2) is 22.3 Å². The van der Waals surface area contributed by atoms with Crippen LogP contribution in [0.4, 0.5) is 0 Å². The van der Waals surface area contributed by atoms with Gasteiger partial charge in [0.1, 0.15) is 5.60 Å². The Morgan fingerprint density at radius 1 is 1.05 bits per heavy atom. The molecule has 3 heteroatoms. The van der Waals surface area contributed by atoms with Crippen LogP contribution in [0.1, 0.15) is 80.1 Å². The highest BCUT2D eigenvalue weighted by atomic mass is 16.6. The van der Waals surface area contributed by atoms with Crippen molar-refractivity contribution in [3.05, 3.63) is 11.6 Å². The molecule has 0 aromatic carbocycles. The van der Waals surface area contributed by atoms with Gasteiger partial charge in [0.05, 0.1) is 5.60 Å². The van der Waals surface area contributed by atoms with E-state index in [4.69, 9.17) is 4.74 Å². The standard InChI is InChI=1S/C17H32O3/c1-7-14(2)15(18)20-17(5,6)13-11-9-8-10-12-16(3,4)19/h7,19H,8-13H2,1-6H3. The van der Waals surface area contributed by atoms with Crippen molar-refractivity contribution in [2.75, 3.05) is 0 Å². The minimum Gasteiger partial charge on any atom is -0.456 e. The Morgan fingerprint density at radius 3 is 2.00 bits per heavy atom. The van der Waals surface area contributed by atoms with E-state index in [1.807, 2.05) is 34.6 Å². The van der Waals surface area contributed by atoms with E-state index in [2.05, 4.69) is 0 Å². The van der Waals surface area contributed by atoms with Gasteiger partial charge in [-0.05, 0) is 60.8 Å². The van der Waals surface area contributed by atoms with E-state index in [-0.39, 0.29) is 5.97 Å². The number of carbonyl (C=O) groups is 1. The summed E-state index contributed by atoms with van der Waals surface area (Å²) in [7, 11) is 0. The van der Waals surface area contributed by atoms with E-state index in [0.717, 1.165) is 38.5 Å².